The van der Waals surface area contributed by atoms with Gasteiger partial charge in [0, 0.05) is 29.0 Å². The summed E-state index contributed by atoms with van der Waals surface area (Å²) >= 11 is 3.44. The maximum atomic E-state index is 5.41. The van der Waals surface area contributed by atoms with E-state index in [-0.39, 0.29) is 0 Å². The Balaban J connectivity index is 1.79. The molecule has 1 N–H and O–H groups in total. The van der Waals surface area contributed by atoms with Gasteiger partial charge in [-0.3, -0.25) is 4.40 Å². The van der Waals surface area contributed by atoms with Crippen molar-refractivity contribution in [3.63, 3.8) is 0 Å². The SMILES string of the molecule is CCCC(NCc1c(OC)nc2sccn12)c1cccs1. The molecule has 0 bridgehead atoms. The molecule has 3 aromatic rings. The number of thiazole rings is 1. The fourth-order valence-electron chi connectivity index (χ4n) is 2.48. The van der Waals surface area contributed by atoms with Gasteiger partial charge in [-0.15, -0.1) is 22.7 Å². The number of aromatic nitrogens is 2. The molecular formula is C15H19N3OS2. The Bertz CT molecular complexity index is 687. The van der Waals surface area contributed by atoms with E-state index >= 15 is 0 Å². The molecule has 1 unspecified atom stereocenters. The van der Waals surface area contributed by atoms with Crippen LogP contribution in [0.3, 0.4) is 0 Å². The number of imidazole rings is 1. The normalized spacial score (nSPS) is 12.9. The molecule has 0 aliphatic carbocycles. The zero-order valence-corrected chi connectivity index (χ0v) is 13.8. The van der Waals surface area contributed by atoms with Crippen LogP contribution in [0.25, 0.3) is 4.96 Å². The van der Waals surface area contributed by atoms with Crippen molar-refractivity contribution in [3.8, 4) is 5.88 Å². The quantitative estimate of drug-likeness (QED) is 0.712. The molecule has 0 aromatic carbocycles. The molecule has 0 amide bonds. The number of hydrogen-bond acceptors (Lipinski definition) is 5. The van der Waals surface area contributed by atoms with Crippen LogP contribution in [0.4, 0.5) is 0 Å². The zero-order valence-electron chi connectivity index (χ0n) is 12.2. The van der Waals surface area contributed by atoms with Crippen molar-refractivity contribution in [2.75, 3.05) is 7.11 Å². The molecular weight excluding hydrogens is 302 g/mol. The minimum Gasteiger partial charge on any atom is -0.480 e. The molecule has 4 nitrogen and oxygen atoms in total. The van der Waals surface area contributed by atoms with Gasteiger partial charge >= 0.3 is 0 Å². The number of fused-ring (bicyclic) bond motifs is 1. The second-order valence-electron chi connectivity index (χ2n) is 4.86. The Morgan fingerprint density at radius 2 is 2.29 bits per heavy atom. The number of nitrogens with one attached hydrogen (secondary N) is 1. The van der Waals surface area contributed by atoms with E-state index in [4.69, 9.17) is 4.74 Å². The van der Waals surface area contributed by atoms with Gasteiger partial charge in [0.05, 0.1) is 7.11 Å². The number of methoxy groups -OCH3 is 1. The van der Waals surface area contributed by atoms with Gasteiger partial charge in [0.1, 0.15) is 5.69 Å². The molecule has 0 saturated carbocycles. The predicted molar refractivity (Wildman–Crippen MR) is 88.4 cm³/mol. The predicted octanol–water partition coefficient (Wildman–Crippen LogP) is 4.10. The van der Waals surface area contributed by atoms with E-state index in [1.165, 1.54) is 4.88 Å². The van der Waals surface area contributed by atoms with Crippen LogP contribution < -0.4 is 10.1 Å². The summed E-state index contributed by atoms with van der Waals surface area (Å²) < 4.78 is 7.51. The van der Waals surface area contributed by atoms with Crippen LogP contribution in [0.5, 0.6) is 5.88 Å². The molecule has 3 rings (SSSR count). The van der Waals surface area contributed by atoms with E-state index in [1.54, 1.807) is 18.4 Å². The standard InChI is InChI=1S/C15H19N3OS2/c1-3-5-11(13-6-4-8-20-13)16-10-12-14(19-2)17-15-18(12)7-9-21-15/h4,6-9,11,16H,3,5,10H2,1-2H3. The largest absolute Gasteiger partial charge is 0.480 e. The molecule has 0 radical (unpaired) electrons. The third-order valence-corrected chi connectivity index (χ3v) is 5.24. The second-order valence-corrected chi connectivity index (χ2v) is 6.71. The van der Waals surface area contributed by atoms with Crippen molar-refractivity contribution < 1.29 is 4.74 Å². The first-order valence-electron chi connectivity index (χ1n) is 7.08. The van der Waals surface area contributed by atoms with E-state index < -0.39 is 0 Å². The zero-order chi connectivity index (χ0) is 14.7. The molecule has 3 heterocycles. The van der Waals surface area contributed by atoms with Gasteiger partial charge in [-0.05, 0) is 17.9 Å². The summed E-state index contributed by atoms with van der Waals surface area (Å²) in [5.74, 6) is 0.718. The summed E-state index contributed by atoms with van der Waals surface area (Å²) in [6.45, 7) is 2.97. The fraction of sp³-hybridized carbons (Fsp3) is 0.400. The van der Waals surface area contributed by atoms with Crippen molar-refractivity contribution in [3.05, 3.63) is 39.7 Å². The molecule has 0 spiro atoms. The number of hydrogen-bond donors (Lipinski definition) is 1. The molecule has 1 atom stereocenters. The van der Waals surface area contributed by atoms with Crippen LogP contribution in [0.2, 0.25) is 0 Å². The highest BCUT2D eigenvalue weighted by molar-refractivity contribution is 7.15. The Morgan fingerprint density at radius 1 is 1.38 bits per heavy atom. The number of thiophene rings is 1. The fourth-order valence-corrected chi connectivity index (χ4v) is 4.04. The van der Waals surface area contributed by atoms with Gasteiger partial charge in [-0.25, -0.2) is 0 Å². The summed E-state index contributed by atoms with van der Waals surface area (Å²) in [6.07, 6.45) is 4.34. The van der Waals surface area contributed by atoms with E-state index in [1.807, 2.05) is 22.9 Å². The minimum atomic E-state index is 0.392. The maximum absolute atomic E-state index is 5.41. The maximum Gasteiger partial charge on any atom is 0.237 e. The van der Waals surface area contributed by atoms with Crippen LogP contribution >= 0.6 is 22.7 Å². The topological polar surface area (TPSA) is 38.6 Å². The first-order chi connectivity index (χ1) is 10.3. The lowest BCUT2D eigenvalue weighted by molar-refractivity contribution is 0.389. The van der Waals surface area contributed by atoms with Crippen molar-refractivity contribution in [1.29, 1.82) is 0 Å². The molecule has 6 heteroatoms. The molecule has 21 heavy (non-hydrogen) atoms. The number of rotatable bonds is 7. The summed E-state index contributed by atoms with van der Waals surface area (Å²) in [7, 11) is 1.68. The van der Waals surface area contributed by atoms with Gasteiger partial charge in [0.15, 0.2) is 4.96 Å². The summed E-state index contributed by atoms with van der Waals surface area (Å²) in [5.41, 5.74) is 1.09. The highest BCUT2D eigenvalue weighted by atomic mass is 32.1. The summed E-state index contributed by atoms with van der Waals surface area (Å²) in [4.78, 5) is 6.87. The summed E-state index contributed by atoms with van der Waals surface area (Å²) in [5, 5.41) is 7.84. The van der Waals surface area contributed by atoms with Gasteiger partial charge in [0.2, 0.25) is 5.88 Å². The Morgan fingerprint density at radius 3 is 3.00 bits per heavy atom. The van der Waals surface area contributed by atoms with Gasteiger partial charge in [0.25, 0.3) is 0 Å². The van der Waals surface area contributed by atoms with E-state index in [2.05, 4.69) is 39.1 Å². The minimum absolute atomic E-state index is 0.392. The number of nitrogens with zero attached hydrogens (tertiary/aromatic N) is 2. The Labute approximate surface area is 132 Å². The van der Waals surface area contributed by atoms with Crippen molar-refractivity contribution in [2.24, 2.45) is 0 Å². The average molecular weight is 321 g/mol. The van der Waals surface area contributed by atoms with Crippen molar-refractivity contribution >= 4 is 27.6 Å². The van der Waals surface area contributed by atoms with Crippen LogP contribution in [0.1, 0.15) is 36.4 Å². The second kappa shape index (κ2) is 6.60. The van der Waals surface area contributed by atoms with E-state index in [0.29, 0.717) is 6.04 Å². The molecule has 0 aliphatic rings. The molecule has 0 saturated heterocycles. The van der Waals surface area contributed by atoms with Gasteiger partial charge in [-0.1, -0.05) is 19.4 Å². The van der Waals surface area contributed by atoms with Gasteiger partial charge in [-0.2, -0.15) is 4.98 Å². The molecule has 3 aromatic heterocycles. The van der Waals surface area contributed by atoms with Crippen LogP contribution in [-0.2, 0) is 6.54 Å². The third-order valence-electron chi connectivity index (χ3n) is 3.50. The Kier molecular flexibility index (Phi) is 4.57. The lowest BCUT2D eigenvalue weighted by Gasteiger charge is -2.16. The van der Waals surface area contributed by atoms with Gasteiger partial charge < -0.3 is 10.1 Å². The van der Waals surface area contributed by atoms with Crippen LogP contribution in [0, 0.1) is 0 Å². The van der Waals surface area contributed by atoms with Crippen LogP contribution in [-0.4, -0.2) is 16.5 Å². The van der Waals surface area contributed by atoms with E-state index in [9.17, 15) is 0 Å². The third kappa shape index (κ3) is 2.97. The Hall–Kier alpha value is -1.37. The molecule has 0 aliphatic heterocycles. The molecule has 0 fully saturated rings. The molecule has 112 valence electrons. The number of ether oxygens (including phenoxy) is 1. The first kappa shape index (κ1) is 14.6. The lowest BCUT2D eigenvalue weighted by atomic mass is 10.1. The highest BCUT2D eigenvalue weighted by Crippen LogP contribution is 2.26. The summed E-state index contributed by atoms with van der Waals surface area (Å²) in [6, 6.07) is 4.70. The smallest absolute Gasteiger partial charge is 0.237 e. The highest BCUT2D eigenvalue weighted by Gasteiger charge is 2.16. The van der Waals surface area contributed by atoms with Crippen LogP contribution in [0.15, 0.2) is 29.1 Å². The lowest BCUT2D eigenvalue weighted by Crippen LogP contribution is -2.21. The average Bonchev–Trinajstić information content (AvgIpc) is 3.20. The monoisotopic (exact) mass is 321 g/mol. The van der Waals surface area contributed by atoms with Crippen molar-refractivity contribution in [1.82, 2.24) is 14.7 Å². The first-order valence-corrected chi connectivity index (χ1v) is 8.84. The van der Waals surface area contributed by atoms with Crippen molar-refractivity contribution in [2.45, 2.75) is 32.4 Å². The van der Waals surface area contributed by atoms with E-state index in [0.717, 1.165) is 35.9 Å².